The Balaban J connectivity index is 2.97. The lowest BCUT2D eigenvalue weighted by Gasteiger charge is -2.14. The number of carbonyl (C=O) groups excluding carboxylic acids is 1. The Labute approximate surface area is 99.8 Å². The molecule has 0 bridgehead atoms. The van der Waals surface area contributed by atoms with Gasteiger partial charge >= 0.3 is 0 Å². The first-order chi connectivity index (χ1) is 8.10. The maximum absolute atomic E-state index is 11.2. The molecule has 0 saturated carbocycles. The zero-order chi connectivity index (χ0) is 12.8. The number of amides is 1. The van der Waals surface area contributed by atoms with Gasteiger partial charge in [0, 0.05) is 24.3 Å². The van der Waals surface area contributed by atoms with Gasteiger partial charge in [-0.05, 0) is 13.0 Å². The molecule has 1 atom stereocenters. The van der Waals surface area contributed by atoms with Crippen molar-refractivity contribution in [1.82, 2.24) is 10.3 Å². The van der Waals surface area contributed by atoms with E-state index in [1.165, 1.54) is 13.3 Å². The van der Waals surface area contributed by atoms with Gasteiger partial charge < -0.3 is 20.9 Å². The summed E-state index contributed by atoms with van der Waals surface area (Å²) in [5.74, 6) is -0.0520. The number of methoxy groups -OCH3 is 1. The maximum atomic E-state index is 11.2. The molecule has 0 radical (unpaired) electrons. The molecule has 94 valence electrons. The number of primary amides is 1. The molecule has 0 fully saturated rings. The molecule has 1 rings (SSSR count). The number of nitrogens with zero attached hydrogens (tertiary/aromatic N) is 1. The summed E-state index contributed by atoms with van der Waals surface area (Å²) in [5.41, 5.74) is 6.03. The van der Waals surface area contributed by atoms with E-state index in [-0.39, 0.29) is 18.3 Å². The molecule has 1 heterocycles. The number of aliphatic hydroxyl groups is 1. The third-order valence-electron chi connectivity index (χ3n) is 2.37. The number of pyridine rings is 1. The van der Waals surface area contributed by atoms with Crippen LogP contribution in [0.4, 0.5) is 0 Å². The van der Waals surface area contributed by atoms with Crippen molar-refractivity contribution >= 4 is 5.91 Å². The van der Waals surface area contributed by atoms with Crippen molar-refractivity contribution < 1.29 is 14.6 Å². The quantitative estimate of drug-likeness (QED) is 0.631. The predicted molar refractivity (Wildman–Crippen MR) is 62.7 cm³/mol. The van der Waals surface area contributed by atoms with Gasteiger partial charge in [0.25, 0.3) is 5.91 Å². The largest absolute Gasteiger partial charge is 0.496 e. The van der Waals surface area contributed by atoms with Gasteiger partial charge in [-0.2, -0.15) is 0 Å². The Morgan fingerprint density at radius 3 is 2.94 bits per heavy atom. The lowest BCUT2D eigenvalue weighted by Crippen LogP contribution is -2.30. The second-order valence-corrected chi connectivity index (χ2v) is 3.67. The summed E-state index contributed by atoms with van der Waals surface area (Å²) in [6.45, 7) is 2.19. The molecule has 4 N–H and O–H groups in total. The van der Waals surface area contributed by atoms with Crippen molar-refractivity contribution in [2.75, 3.05) is 13.7 Å². The van der Waals surface area contributed by atoms with Crippen LogP contribution in [-0.4, -0.2) is 35.8 Å². The molecule has 0 aliphatic heterocycles. The number of aliphatic hydroxyl groups excluding tert-OH is 1. The molecular formula is C11H17N3O3. The van der Waals surface area contributed by atoms with Gasteiger partial charge in [-0.25, -0.2) is 0 Å². The molecular weight excluding hydrogens is 222 g/mol. The molecule has 0 unspecified atom stereocenters. The molecule has 0 saturated heterocycles. The third-order valence-corrected chi connectivity index (χ3v) is 2.37. The monoisotopic (exact) mass is 239 g/mol. The average molecular weight is 239 g/mol. The highest BCUT2D eigenvalue weighted by molar-refractivity contribution is 5.92. The molecule has 0 aliphatic carbocycles. The Hall–Kier alpha value is -1.66. The normalized spacial score (nSPS) is 12.2. The molecule has 0 aromatic carbocycles. The topological polar surface area (TPSA) is 97.5 Å². The van der Waals surface area contributed by atoms with Crippen molar-refractivity contribution in [3.05, 3.63) is 23.5 Å². The highest BCUT2D eigenvalue weighted by Crippen LogP contribution is 2.20. The summed E-state index contributed by atoms with van der Waals surface area (Å²) < 4.78 is 5.15. The smallest absolute Gasteiger partial charge is 0.267 e. The van der Waals surface area contributed by atoms with Gasteiger partial charge in [-0.3, -0.25) is 9.78 Å². The SMILES string of the molecule is COc1ccnc(C(N)=O)c1CN[C@@H](C)CO. The van der Waals surface area contributed by atoms with E-state index in [2.05, 4.69) is 10.3 Å². The van der Waals surface area contributed by atoms with E-state index in [9.17, 15) is 4.79 Å². The van der Waals surface area contributed by atoms with Crippen molar-refractivity contribution in [1.29, 1.82) is 0 Å². The number of hydrogen-bond donors (Lipinski definition) is 3. The van der Waals surface area contributed by atoms with Crippen LogP contribution >= 0.6 is 0 Å². The van der Waals surface area contributed by atoms with E-state index in [0.717, 1.165) is 0 Å². The zero-order valence-corrected chi connectivity index (χ0v) is 9.93. The van der Waals surface area contributed by atoms with E-state index in [4.69, 9.17) is 15.6 Å². The first kappa shape index (κ1) is 13.4. The minimum Gasteiger partial charge on any atom is -0.496 e. The van der Waals surface area contributed by atoms with Gasteiger partial charge in [0.2, 0.25) is 0 Å². The summed E-state index contributed by atoms with van der Waals surface area (Å²) >= 11 is 0. The van der Waals surface area contributed by atoms with Crippen LogP contribution in [0.3, 0.4) is 0 Å². The van der Waals surface area contributed by atoms with Crippen LogP contribution in [0, 0.1) is 0 Å². The van der Waals surface area contributed by atoms with Crippen molar-refractivity contribution in [3.63, 3.8) is 0 Å². The molecule has 0 spiro atoms. The lowest BCUT2D eigenvalue weighted by atomic mass is 10.1. The predicted octanol–water partition coefficient (Wildman–Crippen LogP) is -0.340. The first-order valence-corrected chi connectivity index (χ1v) is 5.26. The van der Waals surface area contributed by atoms with Crippen LogP contribution in [0.2, 0.25) is 0 Å². The van der Waals surface area contributed by atoms with Crippen molar-refractivity contribution in [2.24, 2.45) is 5.73 Å². The van der Waals surface area contributed by atoms with E-state index < -0.39 is 5.91 Å². The number of aromatic nitrogens is 1. The number of nitrogens with two attached hydrogens (primary N) is 1. The van der Waals surface area contributed by atoms with E-state index in [1.54, 1.807) is 6.07 Å². The summed E-state index contributed by atoms with van der Waals surface area (Å²) in [7, 11) is 1.51. The molecule has 0 aliphatic rings. The highest BCUT2D eigenvalue weighted by Gasteiger charge is 2.15. The second-order valence-electron chi connectivity index (χ2n) is 3.67. The lowest BCUT2D eigenvalue weighted by molar-refractivity contribution is 0.0994. The van der Waals surface area contributed by atoms with Gasteiger partial charge in [0.05, 0.1) is 13.7 Å². The Kier molecular flexibility index (Phi) is 4.86. The fraction of sp³-hybridized carbons (Fsp3) is 0.455. The average Bonchev–Trinajstić information content (AvgIpc) is 2.35. The van der Waals surface area contributed by atoms with Crippen LogP contribution in [-0.2, 0) is 6.54 Å². The molecule has 1 aromatic heterocycles. The van der Waals surface area contributed by atoms with Crippen molar-refractivity contribution in [3.8, 4) is 5.75 Å². The first-order valence-electron chi connectivity index (χ1n) is 5.26. The van der Waals surface area contributed by atoms with E-state index >= 15 is 0 Å². The summed E-state index contributed by atoms with van der Waals surface area (Å²) in [5, 5.41) is 12.0. The number of nitrogens with one attached hydrogen (secondary N) is 1. The van der Waals surface area contributed by atoms with Crippen LogP contribution in [0.15, 0.2) is 12.3 Å². The standard InChI is InChI=1S/C11H17N3O3/c1-7(6-15)14-5-8-9(17-2)3-4-13-10(8)11(12)16/h3-4,7,14-15H,5-6H2,1-2H3,(H2,12,16)/t7-/m0/s1. The minimum atomic E-state index is -0.600. The van der Waals surface area contributed by atoms with Crippen LogP contribution in [0.1, 0.15) is 23.0 Å². The van der Waals surface area contributed by atoms with Gasteiger partial charge in [0.15, 0.2) is 0 Å². The van der Waals surface area contributed by atoms with Gasteiger partial charge in [-0.15, -0.1) is 0 Å². The zero-order valence-electron chi connectivity index (χ0n) is 9.93. The Morgan fingerprint density at radius 2 is 2.41 bits per heavy atom. The number of rotatable bonds is 6. The number of hydrogen-bond acceptors (Lipinski definition) is 5. The Bertz CT molecular complexity index is 396. The molecule has 1 amide bonds. The van der Waals surface area contributed by atoms with Gasteiger partial charge in [-0.1, -0.05) is 0 Å². The summed E-state index contributed by atoms with van der Waals surface area (Å²) in [6, 6.07) is 1.58. The molecule has 6 nitrogen and oxygen atoms in total. The Morgan fingerprint density at radius 1 is 1.71 bits per heavy atom. The fourth-order valence-electron chi connectivity index (χ4n) is 1.39. The van der Waals surface area contributed by atoms with E-state index in [0.29, 0.717) is 17.9 Å². The fourth-order valence-corrected chi connectivity index (χ4v) is 1.39. The van der Waals surface area contributed by atoms with Crippen LogP contribution in [0.5, 0.6) is 5.75 Å². The number of carbonyl (C=O) groups is 1. The van der Waals surface area contributed by atoms with Gasteiger partial charge in [0.1, 0.15) is 11.4 Å². The third kappa shape index (κ3) is 3.40. The number of ether oxygens (including phenoxy) is 1. The minimum absolute atomic E-state index is 0.00842. The maximum Gasteiger partial charge on any atom is 0.267 e. The second kappa shape index (κ2) is 6.17. The molecule has 6 heteroatoms. The highest BCUT2D eigenvalue weighted by atomic mass is 16.5. The van der Waals surface area contributed by atoms with Crippen LogP contribution < -0.4 is 15.8 Å². The molecule has 1 aromatic rings. The molecule has 17 heavy (non-hydrogen) atoms. The van der Waals surface area contributed by atoms with Crippen LogP contribution in [0.25, 0.3) is 0 Å². The van der Waals surface area contributed by atoms with E-state index in [1.807, 2.05) is 6.92 Å². The van der Waals surface area contributed by atoms with Crippen molar-refractivity contribution in [2.45, 2.75) is 19.5 Å². The summed E-state index contributed by atoms with van der Waals surface area (Å²) in [4.78, 5) is 15.2. The summed E-state index contributed by atoms with van der Waals surface area (Å²) in [6.07, 6.45) is 1.47.